The molecule has 0 unspecified atom stereocenters. The van der Waals surface area contributed by atoms with Crippen molar-refractivity contribution in [2.75, 3.05) is 0 Å². The van der Waals surface area contributed by atoms with E-state index >= 15 is 0 Å². The molecule has 34 heavy (non-hydrogen) atoms. The molecule has 0 amide bonds. The van der Waals surface area contributed by atoms with Crippen molar-refractivity contribution in [3.63, 3.8) is 0 Å². The van der Waals surface area contributed by atoms with Gasteiger partial charge in [0, 0.05) is 17.2 Å². The molecule has 7 nitrogen and oxygen atoms in total. The maximum atomic E-state index is 12.7. The van der Waals surface area contributed by atoms with Gasteiger partial charge in [-0.3, -0.25) is 4.79 Å². The smallest absolute Gasteiger partial charge is 0.209 e. The van der Waals surface area contributed by atoms with Crippen LogP contribution in [0.5, 0.6) is 0 Å². The molecule has 3 aromatic heterocycles. The van der Waals surface area contributed by atoms with E-state index in [9.17, 15) is 4.79 Å². The number of para-hydroxylation sites is 3. The summed E-state index contributed by atoms with van der Waals surface area (Å²) < 4.78 is 3.43. The average molecular weight is 463 g/mol. The van der Waals surface area contributed by atoms with Gasteiger partial charge in [0.1, 0.15) is 0 Å². The molecule has 0 saturated heterocycles. The first-order valence-electron chi connectivity index (χ1n) is 10.7. The van der Waals surface area contributed by atoms with Crippen molar-refractivity contribution in [1.29, 1.82) is 0 Å². The van der Waals surface area contributed by atoms with Crippen LogP contribution in [0.2, 0.25) is 0 Å². The molecule has 3 heterocycles. The maximum Gasteiger partial charge on any atom is 0.209 e. The van der Waals surface area contributed by atoms with E-state index in [4.69, 9.17) is 0 Å². The number of nitrogens with zero attached hydrogens (tertiary/aromatic N) is 5. The molecule has 6 rings (SSSR count). The van der Waals surface area contributed by atoms with E-state index in [1.807, 2.05) is 78.9 Å². The summed E-state index contributed by atoms with van der Waals surface area (Å²) in [5, 5.41) is 9.88. The summed E-state index contributed by atoms with van der Waals surface area (Å²) in [4.78, 5) is 21.7. The zero-order chi connectivity index (χ0) is 22.9. The molecular formula is C26H18N6OS. The third kappa shape index (κ3) is 3.80. The molecule has 0 aliphatic carbocycles. The summed E-state index contributed by atoms with van der Waals surface area (Å²) in [6.45, 7) is 0. The van der Waals surface area contributed by atoms with Crippen molar-refractivity contribution in [3.05, 3.63) is 114 Å². The molecule has 0 bridgehead atoms. The highest BCUT2D eigenvalue weighted by Gasteiger charge is 2.14. The van der Waals surface area contributed by atoms with Gasteiger partial charge < -0.3 is 4.98 Å². The van der Waals surface area contributed by atoms with Crippen LogP contribution in [-0.2, 0) is 0 Å². The Morgan fingerprint density at radius 2 is 1.65 bits per heavy atom. The lowest BCUT2D eigenvalue weighted by atomic mass is 10.2. The first-order chi connectivity index (χ1) is 16.7. The fourth-order valence-corrected chi connectivity index (χ4v) is 4.62. The quantitative estimate of drug-likeness (QED) is 0.385. The Hall–Kier alpha value is -4.43. The van der Waals surface area contributed by atoms with Crippen molar-refractivity contribution in [3.8, 4) is 22.8 Å². The topological polar surface area (TPSA) is 81.4 Å². The Balaban J connectivity index is 1.36. The predicted octanol–water partition coefficient (Wildman–Crippen LogP) is 5.11. The van der Waals surface area contributed by atoms with Gasteiger partial charge in [-0.25, -0.2) is 14.3 Å². The number of H-pyrrole nitrogens is 1. The number of imidazole rings is 1. The lowest BCUT2D eigenvalue weighted by Gasteiger charge is -2.10. The number of aromatic nitrogens is 6. The van der Waals surface area contributed by atoms with Crippen LogP contribution in [-0.4, -0.2) is 29.5 Å². The van der Waals surface area contributed by atoms with Crippen molar-refractivity contribution >= 4 is 22.8 Å². The normalized spacial score (nSPS) is 11.2. The molecule has 0 fully saturated rings. The monoisotopic (exact) mass is 462 g/mol. The molecule has 1 N–H and O–H groups in total. The Morgan fingerprint density at radius 1 is 0.824 bits per heavy atom. The highest BCUT2D eigenvalue weighted by atomic mass is 32.2. The van der Waals surface area contributed by atoms with Crippen LogP contribution in [0, 0.1) is 0 Å². The maximum absolute atomic E-state index is 12.7. The number of benzene rings is 3. The highest BCUT2D eigenvalue weighted by Crippen LogP contribution is 2.28. The van der Waals surface area contributed by atoms with E-state index < -0.39 is 0 Å². The minimum absolute atomic E-state index is 0.165. The van der Waals surface area contributed by atoms with Gasteiger partial charge in [0.2, 0.25) is 5.43 Å². The molecule has 0 saturated carbocycles. The van der Waals surface area contributed by atoms with E-state index in [-0.39, 0.29) is 5.43 Å². The highest BCUT2D eigenvalue weighted by molar-refractivity contribution is 7.99. The number of hydrogen-bond acceptors (Lipinski definition) is 5. The third-order valence-electron chi connectivity index (χ3n) is 5.36. The van der Waals surface area contributed by atoms with Crippen LogP contribution < -0.4 is 5.43 Å². The molecule has 0 radical (unpaired) electrons. The van der Waals surface area contributed by atoms with Gasteiger partial charge in [-0.15, -0.1) is 0 Å². The fraction of sp³-hybridized carbons (Fsp3) is 0. The summed E-state index contributed by atoms with van der Waals surface area (Å²) in [7, 11) is 0. The summed E-state index contributed by atoms with van der Waals surface area (Å²) in [6, 6.07) is 28.9. The first-order valence-corrected chi connectivity index (χ1v) is 11.5. The molecule has 0 spiro atoms. The minimum atomic E-state index is -0.165. The van der Waals surface area contributed by atoms with E-state index in [0.717, 1.165) is 32.5 Å². The van der Waals surface area contributed by atoms with Crippen LogP contribution >= 0.6 is 11.8 Å². The summed E-state index contributed by atoms with van der Waals surface area (Å²) in [6.07, 6.45) is 3.35. The van der Waals surface area contributed by atoms with E-state index in [1.54, 1.807) is 39.6 Å². The molecule has 0 aliphatic heterocycles. The van der Waals surface area contributed by atoms with Gasteiger partial charge in [-0.05, 0) is 48.5 Å². The Bertz CT molecular complexity index is 1630. The summed E-state index contributed by atoms with van der Waals surface area (Å²) >= 11 is 1.54. The van der Waals surface area contributed by atoms with Gasteiger partial charge in [-0.2, -0.15) is 10.2 Å². The number of rotatable bonds is 5. The number of hydrogen-bond donors (Lipinski definition) is 1. The third-order valence-corrected chi connectivity index (χ3v) is 6.24. The number of aromatic amines is 1. The lowest BCUT2D eigenvalue weighted by molar-refractivity contribution is 0.821. The molecule has 8 heteroatoms. The first kappa shape index (κ1) is 20.2. The average Bonchev–Trinajstić information content (AvgIpc) is 3.52. The predicted molar refractivity (Wildman–Crippen MR) is 133 cm³/mol. The van der Waals surface area contributed by atoms with Gasteiger partial charge in [0.15, 0.2) is 10.9 Å². The van der Waals surface area contributed by atoms with Gasteiger partial charge >= 0.3 is 0 Å². The van der Waals surface area contributed by atoms with Crippen molar-refractivity contribution in [2.24, 2.45) is 0 Å². The molecule has 3 aromatic carbocycles. The van der Waals surface area contributed by atoms with Crippen LogP contribution in [0.3, 0.4) is 0 Å². The Morgan fingerprint density at radius 3 is 2.53 bits per heavy atom. The summed E-state index contributed by atoms with van der Waals surface area (Å²) in [5.41, 5.74) is 4.45. The van der Waals surface area contributed by atoms with E-state index in [2.05, 4.69) is 20.2 Å². The van der Waals surface area contributed by atoms with Crippen LogP contribution in [0.15, 0.2) is 118 Å². The van der Waals surface area contributed by atoms with Crippen molar-refractivity contribution < 1.29 is 0 Å². The lowest BCUT2D eigenvalue weighted by Crippen LogP contribution is -2.14. The van der Waals surface area contributed by atoms with Crippen LogP contribution in [0.1, 0.15) is 0 Å². The van der Waals surface area contributed by atoms with Gasteiger partial charge in [0.25, 0.3) is 0 Å². The summed E-state index contributed by atoms with van der Waals surface area (Å²) in [5.74, 6) is 0. The SMILES string of the molecule is O=c1ccn(-c2cccc(Sc3nc4ccccc4[nH]3)c2)nc1-c1ccnn1-c1ccccc1. The second kappa shape index (κ2) is 8.49. The molecule has 0 aliphatic rings. The minimum Gasteiger partial charge on any atom is -0.333 e. The second-order valence-electron chi connectivity index (χ2n) is 7.60. The van der Waals surface area contributed by atoms with Crippen molar-refractivity contribution in [1.82, 2.24) is 29.5 Å². The standard InChI is InChI=1S/C26H18N6OS/c33-24-14-16-31(30-25(24)23-13-15-27-32(23)18-7-2-1-3-8-18)19-9-6-10-20(17-19)34-26-28-21-11-4-5-12-22(21)29-26/h1-17H,(H,28,29). The second-order valence-corrected chi connectivity index (χ2v) is 8.66. The number of fused-ring (bicyclic) bond motifs is 1. The molecule has 164 valence electrons. The Labute approximate surface area is 198 Å². The molecular weight excluding hydrogens is 444 g/mol. The van der Waals surface area contributed by atoms with Crippen LogP contribution in [0.4, 0.5) is 0 Å². The van der Waals surface area contributed by atoms with E-state index in [0.29, 0.717) is 11.4 Å². The molecule has 6 aromatic rings. The molecule has 0 atom stereocenters. The van der Waals surface area contributed by atoms with Crippen LogP contribution in [0.25, 0.3) is 33.8 Å². The zero-order valence-electron chi connectivity index (χ0n) is 17.9. The largest absolute Gasteiger partial charge is 0.333 e. The van der Waals surface area contributed by atoms with Gasteiger partial charge in [-0.1, -0.05) is 48.2 Å². The zero-order valence-corrected chi connectivity index (χ0v) is 18.7. The Kier molecular flexibility index (Phi) is 5.04. The van der Waals surface area contributed by atoms with E-state index in [1.165, 1.54) is 6.07 Å². The van der Waals surface area contributed by atoms with Gasteiger partial charge in [0.05, 0.1) is 34.3 Å². The van der Waals surface area contributed by atoms with Crippen molar-refractivity contribution in [2.45, 2.75) is 10.1 Å². The number of nitrogens with one attached hydrogen (secondary N) is 1. The fourth-order valence-electron chi connectivity index (χ4n) is 3.77.